The summed E-state index contributed by atoms with van der Waals surface area (Å²) in [4.78, 5) is 8.75. The Balaban J connectivity index is 1.64. The molecule has 1 saturated heterocycles. The summed E-state index contributed by atoms with van der Waals surface area (Å²) in [5.74, 6) is 0.692. The zero-order valence-corrected chi connectivity index (χ0v) is 14.3. The standard InChI is InChI=1S/C17H23FN4O2/c1-12-4-5-13(8-15(12)18)17-19-16(24-20-17)11-22-6-7-23-14(10-22)9-21(2)3/h4-5,8,14H,6-7,9-11H2,1-3H3/t14-/m1/s1. The quantitative estimate of drug-likeness (QED) is 0.833. The largest absolute Gasteiger partial charge is 0.374 e. The Morgan fingerprint density at radius 3 is 2.96 bits per heavy atom. The third kappa shape index (κ3) is 4.17. The highest BCUT2D eigenvalue weighted by Crippen LogP contribution is 2.20. The van der Waals surface area contributed by atoms with E-state index in [0.29, 0.717) is 36.0 Å². The average Bonchev–Trinajstić information content (AvgIpc) is 2.98. The lowest BCUT2D eigenvalue weighted by atomic mass is 10.1. The van der Waals surface area contributed by atoms with Crippen molar-refractivity contribution < 1.29 is 13.7 Å². The fraction of sp³-hybridized carbons (Fsp3) is 0.529. The molecular weight excluding hydrogens is 311 g/mol. The molecule has 1 fully saturated rings. The number of morpholine rings is 1. The fourth-order valence-electron chi connectivity index (χ4n) is 2.80. The van der Waals surface area contributed by atoms with E-state index in [-0.39, 0.29) is 11.9 Å². The molecule has 0 spiro atoms. The molecule has 1 aromatic carbocycles. The van der Waals surface area contributed by atoms with Crippen molar-refractivity contribution in [3.8, 4) is 11.4 Å². The Morgan fingerprint density at radius 1 is 1.38 bits per heavy atom. The zero-order valence-electron chi connectivity index (χ0n) is 14.3. The number of benzene rings is 1. The molecular formula is C17H23FN4O2. The van der Waals surface area contributed by atoms with Gasteiger partial charge < -0.3 is 14.2 Å². The van der Waals surface area contributed by atoms with Gasteiger partial charge in [0.2, 0.25) is 11.7 Å². The van der Waals surface area contributed by atoms with Gasteiger partial charge in [0.1, 0.15) is 5.82 Å². The number of nitrogens with zero attached hydrogens (tertiary/aromatic N) is 4. The van der Waals surface area contributed by atoms with Crippen LogP contribution in [0.5, 0.6) is 0 Å². The lowest BCUT2D eigenvalue weighted by molar-refractivity contribution is -0.0430. The molecule has 0 amide bonds. The molecule has 0 aliphatic carbocycles. The number of rotatable bonds is 5. The van der Waals surface area contributed by atoms with Gasteiger partial charge >= 0.3 is 0 Å². The van der Waals surface area contributed by atoms with E-state index in [2.05, 4.69) is 19.9 Å². The van der Waals surface area contributed by atoms with Crippen molar-refractivity contribution in [1.29, 1.82) is 0 Å². The summed E-state index contributed by atoms with van der Waals surface area (Å²) in [5, 5.41) is 3.97. The second kappa shape index (κ2) is 7.38. The molecule has 2 aromatic rings. The van der Waals surface area contributed by atoms with Gasteiger partial charge in [0.05, 0.1) is 19.3 Å². The predicted octanol–water partition coefficient (Wildman–Crippen LogP) is 1.95. The van der Waals surface area contributed by atoms with E-state index >= 15 is 0 Å². The number of aromatic nitrogens is 2. The number of hydrogen-bond donors (Lipinski definition) is 0. The molecule has 0 bridgehead atoms. The first-order valence-corrected chi connectivity index (χ1v) is 8.09. The van der Waals surface area contributed by atoms with Crippen LogP contribution in [0.3, 0.4) is 0 Å². The SMILES string of the molecule is Cc1ccc(-c2noc(CN3CCO[C@H](CN(C)C)C3)n2)cc1F. The van der Waals surface area contributed by atoms with E-state index in [1.807, 2.05) is 14.1 Å². The van der Waals surface area contributed by atoms with Crippen LogP contribution >= 0.6 is 0 Å². The van der Waals surface area contributed by atoms with E-state index in [1.165, 1.54) is 6.07 Å². The van der Waals surface area contributed by atoms with Crippen molar-refractivity contribution in [3.05, 3.63) is 35.5 Å². The first kappa shape index (κ1) is 17.0. The van der Waals surface area contributed by atoms with Gasteiger partial charge in [0, 0.05) is 25.2 Å². The summed E-state index contributed by atoms with van der Waals surface area (Å²) in [5.41, 5.74) is 1.23. The summed E-state index contributed by atoms with van der Waals surface area (Å²) in [6.07, 6.45) is 0.183. The third-order valence-electron chi connectivity index (χ3n) is 4.05. The predicted molar refractivity (Wildman–Crippen MR) is 88.0 cm³/mol. The number of likely N-dealkylation sites (N-methyl/N-ethyl adjacent to an activating group) is 1. The summed E-state index contributed by atoms with van der Waals surface area (Å²) < 4.78 is 24.8. The number of halogens is 1. The molecule has 1 aromatic heterocycles. The first-order chi connectivity index (χ1) is 11.5. The van der Waals surface area contributed by atoms with Crippen LogP contribution in [0.2, 0.25) is 0 Å². The van der Waals surface area contributed by atoms with Crippen molar-refractivity contribution in [2.24, 2.45) is 0 Å². The molecule has 0 N–H and O–H groups in total. The Bertz CT molecular complexity index is 689. The monoisotopic (exact) mass is 334 g/mol. The van der Waals surface area contributed by atoms with Crippen molar-refractivity contribution in [1.82, 2.24) is 19.9 Å². The molecule has 3 rings (SSSR count). The molecule has 0 saturated carbocycles. The van der Waals surface area contributed by atoms with Gasteiger partial charge in [-0.1, -0.05) is 17.3 Å². The second-order valence-electron chi connectivity index (χ2n) is 6.47. The van der Waals surface area contributed by atoms with E-state index in [0.717, 1.165) is 19.6 Å². The zero-order chi connectivity index (χ0) is 17.1. The van der Waals surface area contributed by atoms with Gasteiger partial charge in [-0.25, -0.2) is 4.39 Å². The van der Waals surface area contributed by atoms with Crippen LogP contribution in [-0.2, 0) is 11.3 Å². The van der Waals surface area contributed by atoms with Crippen molar-refractivity contribution >= 4 is 0 Å². The van der Waals surface area contributed by atoms with E-state index < -0.39 is 0 Å². The number of ether oxygens (including phenoxy) is 1. The van der Waals surface area contributed by atoms with Gasteiger partial charge in [-0.3, -0.25) is 4.90 Å². The van der Waals surface area contributed by atoms with E-state index in [4.69, 9.17) is 9.26 Å². The third-order valence-corrected chi connectivity index (χ3v) is 4.05. The maximum atomic E-state index is 13.7. The van der Waals surface area contributed by atoms with Crippen LogP contribution in [0.15, 0.2) is 22.7 Å². The Morgan fingerprint density at radius 2 is 2.21 bits per heavy atom. The van der Waals surface area contributed by atoms with Gasteiger partial charge in [0.25, 0.3) is 0 Å². The molecule has 0 radical (unpaired) electrons. The molecule has 6 nitrogen and oxygen atoms in total. The van der Waals surface area contributed by atoms with E-state index in [1.54, 1.807) is 19.1 Å². The number of hydrogen-bond acceptors (Lipinski definition) is 6. The Kier molecular flexibility index (Phi) is 5.23. The summed E-state index contributed by atoms with van der Waals surface area (Å²) in [7, 11) is 4.07. The van der Waals surface area contributed by atoms with Crippen molar-refractivity contribution in [2.45, 2.75) is 19.6 Å². The van der Waals surface area contributed by atoms with Crippen LogP contribution < -0.4 is 0 Å². The average molecular weight is 334 g/mol. The maximum Gasteiger partial charge on any atom is 0.241 e. The summed E-state index contributed by atoms with van der Waals surface area (Å²) in [6.45, 7) is 5.55. The fourth-order valence-corrected chi connectivity index (χ4v) is 2.80. The maximum absolute atomic E-state index is 13.7. The van der Waals surface area contributed by atoms with Crippen LogP contribution in [0, 0.1) is 12.7 Å². The van der Waals surface area contributed by atoms with Crippen molar-refractivity contribution in [2.75, 3.05) is 40.3 Å². The lowest BCUT2D eigenvalue weighted by Crippen LogP contribution is -2.46. The first-order valence-electron chi connectivity index (χ1n) is 8.09. The summed E-state index contributed by atoms with van der Waals surface area (Å²) >= 11 is 0. The van der Waals surface area contributed by atoms with Gasteiger partial charge in [-0.2, -0.15) is 4.98 Å². The molecule has 2 heterocycles. The van der Waals surface area contributed by atoms with Crippen LogP contribution in [0.4, 0.5) is 4.39 Å². The van der Waals surface area contributed by atoms with E-state index in [9.17, 15) is 4.39 Å². The Hall–Kier alpha value is -1.83. The molecule has 7 heteroatoms. The highest BCUT2D eigenvalue weighted by atomic mass is 19.1. The highest BCUT2D eigenvalue weighted by molar-refractivity contribution is 5.54. The minimum Gasteiger partial charge on any atom is -0.374 e. The molecule has 1 aliphatic heterocycles. The van der Waals surface area contributed by atoms with Crippen LogP contribution in [0.1, 0.15) is 11.5 Å². The smallest absolute Gasteiger partial charge is 0.241 e. The molecule has 0 unspecified atom stereocenters. The number of aryl methyl sites for hydroxylation is 1. The van der Waals surface area contributed by atoms with Gasteiger partial charge in [-0.05, 0) is 32.6 Å². The Labute approximate surface area is 141 Å². The van der Waals surface area contributed by atoms with Gasteiger partial charge in [-0.15, -0.1) is 0 Å². The highest BCUT2D eigenvalue weighted by Gasteiger charge is 2.23. The topological polar surface area (TPSA) is 54.6 Å². The summed E-state index contributed by atoms with van der Waals surface area (Å²) in [6, 6.07) is 4.95. The van der Waals surface area contributed by atoms with Crippen LogP contribution in [0.25, 0.3) is 11.4 Å². The minimum absolute atomic E-state index is 0.183. The van der Waals surface area contributed by atoms with Crippen molar-refractivity contribution in [3.63, 3.8) is 0 Å². The van der Waals surface area contributed by atoms with Crippen LogP contribution in [-0.4, -0.2) is 66.4 Å². The molecule has 1 aliphatic rings. The van der Waals surface area contributed by atoms with Gasteiger partial charge in [0.15, 0.2) is 0 Å². The molecule has 130 valence electrons. The molecule has 24 heavy (non-hydrogen) atoms. The normalized spacial score (nSPS) is 19.1. The lowest BCUT2D eigenvalue weighted by Gasteiger charge is -2.33. The minimum atomic E-state index is -0.265. The second-order valence-corrected chi connectivity index (χ2v) is 6.47. The molecule has 1 atom stereocenters.